The molecule has 0 aliphatic carbocycles. The van der Waals surface area contributed by atoms with Crippen molar-refractivity contribution >= 4 is 5.82 Å². The van der Waals surface area contributed by atoms with Crippen LogP contribution in [0.5, 0.6) is 0 Å². The van der Waals surface area contributed by atoms with Crippen LogP contribution < -0.4 is 5.32 Å². The highest BCUT2D eigenvalue weighted by molar-refractivity contribution is 5.61. The average Bonchev–Trinajstić information content (AvgIpc) is 2.87. The highest BCUT2D eigenvalue weighted by Gasteiger charge is 2.35. The van der Waals surface area contributed by atoms with Crippen molar-refractivity contribution in [3.05, 3.63) is 24.3 Å². The zero-order valence-electron chi connectivity index (χ0n) is 11.8. The Labute approximate surface area is 120 Å². The quantitative estimate of drug-likeness (QED) is 0.921. The predicted molar refractivity (Wildman–Crippen MR) is 72.7 cm³/mol. The van der Waals surface area contributed by atoms with E-state index in [4.69, 9.17) is 0 Å². The van der Waals surface area contributed by atoms with E-state index < -0.39 is 12.0 Å². The van der Waals surface area contributed by atoms with Crippen molar-refractivity contribution in [2.75, 3.05) is 11.9 Å². The van der Waals surface area contributed by atoms with Gasteiger partial charge < -0.3 is 5.32 Å². The molecule has 0 fully saturated rings. The molecule has 8 heteroatoms. The summed E-state index contributed by atoms with van der Waals surface area (Å²) >= 11 is 0. The van der Waals surface area contributed by atoms with Gasteiger partial charge in [-0.05, 0) is 13.3 Å². The Balaban J connectivity index is 2.43. The van der Waals surface area contributed by atoms with Crippen molar-refractivity contribution in [2.24, 2.45) is 0 Å². The summed E-state index contributed by atoms with van der Waals surface area (Å²) in [5, 5.41) is 6.89. The highest BCUT2D eigenvalue weighted by Crippen LogP contribution is 2.29. The van der Waals surface area contributed by atoms with Crippen LogP contribution in [0, 0.1) is 0 Å². The van der Waals surface area contributed by atoms with Crippen molar-refractivity contribution in [3.63, 3.8) is 0 Å². The van der Waals surface area contributed by atoms with Crippen LogP contribution in [0.1, 0.15) is 26.1 Å². The Morgan fingerprint density at radius 3 is 2.62 bits per heavy atom. The third kappa shape index (κ3) is 3.71. The first-order chi connectivity index (χ1) is 9.94. The lowest BCUT2D eigenvalue weighted by Gasteiger charge is -2.10. The summed E-state index contributed by atoms with van der Waals surface area (Å²) in [5.74, 6) is -1.00. The zero-order valence-corrected chi connectivity index (χ0v) is 11.8. The molecule has 5 nitrogen and oxygen atoms in total. The van der Waals surface area contributed by atoms with Crippen molar-refractivity contribution in [3.8, 4) is 11.3 Å². The summed E-state index contributed by atoms with van der Waals surface area (Å²) in [6.07, 6.45) is -0.503. The third-order valence-electron chi connectivity index (χ3n) is 2.72. The van der Waals surface area contributed by atoms with Gasteiger partial charge in [0.25, 0.3) is 0 Å². The van der Waals surface area contributed by atoms with Gasteiger partial charge in [-0.1, -0.05) is 6.92 Å². The average molecular weight is 299 g/mol. The lowest BCUT2D eigenvalue weighted by atomic mass is 10.2. The van der Waals surface area contributed by atoms with Crippen molar-refractivity contribution in [1.29, 1.82) is 0 Å². The van der Waals surface area contributed by atoms with Gasteiger partial charge in [-0.2, -0.15) is 18.3 Å². The third-order valence-corrected chi connectivity index (χ3v) is 2.72. The van der Waals surface area contributed by atoms with E-state index in [1.54, 1.807) is 17.8 Å². The molecule has 2 heterocycles. The number of halogens is 3. The number of nitrogens with zero attached hydrogens (tertiary/aromatic N) is 4. The smallest absolute Gasteiger partial charge is 0.370 e. The second kappa shape index (κ2) is 6.11. The zero-order chi connectivity index (χ0) is 15.5. The van der Waals surface area contributed by atoms with Gasteiger partial charge in [0, 0.05) is 30.9 Å². The molecule has 0 amide bonds. The Morgan fingerprint density at radius 1 is 1.24 bits per heavy atom. The van der Waals surface area contributed by atoms with Gasteiger partial charge >= 0.3 is 6.18 Å². The number of nitrogens with one attached hydrogen (secondary N) is 1. The maximum atomic E-state index is 12.9. The van der Waals surface area contributed by atoms with Gasteiger partial charge in [-0.15, -0.1) is 0 Å². The number of alkyl halides is 3. The number of rotatable bonds is 5. The number of hydrogen-bond donors (Lipinski definition) is 1. The summed E-state index contributed by atoms with van der Waals surface area (Å²) < 4.78 is 40.2. The Hall–Kier alpha value is -2.12. The summed E-state index contributed by atoms with van der Waals surface area (Å²) in [6, 6.07) is 1.49. The summed E-state index contributed by atoms with van der Waals surface area (Å²) in [7, 11) is 0. The van der Waals surface area contributed by atoms with E-state index in [0.29, 0.717) is 18.7 Å². The molecular formula is C13H16F3N5. The predicted octanol–water partition coefficient (Wildman–Crippen LogP) is 3.20. The fourth-order valence-corrected chi connectivity index (χ4v) is 1.84. The molecule has 0 aliphatic rings. The fourth-order valence-electron chi connectivity index (χ4n) is 1.84. The van der Waals surface area contributed by atoms with Gasteiger partial charge in [0.1, 0.15) is 5.82 Å². The molecule has 2 aromatic rings. The summed E-state index contributed by atoms with van der Waals surface area (Å²) in [6.45, 7) is 4.96. The van der Waals surface area contributed by atoms with Crippen LogP contribution >= 0.6 is 0 Å². The normalized spacial score (nSPS) is 11.7. The van der Waals surface area contributed by atoms with E-state index in [1.165, 1.54) is 12.3 Å². The molecule has 0 saturated carbocycles. The molecule has 0 unspecified atom stereocenters. The molecule has 1 N–H and O–H groups in total. The van der Waals surface area contributed by atoms with E-state index in [2.05, 4.69) is 20.4 Å². The standard InChI is InChI=1S/C13H16F3N5/c1-3-5-21-8-9(7-18-21)10-6-11(17-4-2)20-12(19-10)13(14,15)16/h6-8H,3-5H2,1-2H3,(H,17,19,20). The van der Waals surface area contributed by atoms with E-state index in [-0.39, 0.29) is 11.5 Å². The number of hydrogen-bond acceptors (Lipinski definition) is 4. The lowest BCUT2D eigenvalue weighted by molar-refractivity contribution is -0.144. The minimum atomic E-state index is -4.58. The molecule has 2 rings (SSSR count). The maximum Gasteiger partial charge on any atom is 0.451 e. The molecule has 0 spiro atoms. The first-order valence-corrected chi connectivity index (χ1v) is 6.67. The molecule has 0 radical (unpaired) electrons. The first kappa shape index (κ1) is 15.3. The monoisotopic (exact) mass is 299 g/mol. The van der Waals surface area contributed by atoms with Crippen LogP contribution in [0.25, 0.3) is 11.3 Å². The van der Waals surface area contributed by atoms with E-state index in [0.717, 1.165) is 6.42 Å². The van der Waals surface area contributed by atoms with E-state index in [1.807, 2.05) is 6.92 Å². The minimum absolute atomic E-state index is 0.151. The van der Waals surface area contributed by atoms with Crippen LogP contribution in [0.15, 0.2) is 18.5 Å². The van der Waals surface area contributed by atoms with Crippen LogP contribution in [0.2, 0.25) is 0 Å². The van der Waals surface area contributed by atoms with Gasteiger partial charge in [-0.25, -0.2) is 9.97 Å². The van der Waals surface area contributed by atoms with E-state index >= 15 is 0 Å². The largest absolute Gasteiger partial charge is 0.451 e. The lowest BCUT2D eigenvalue weighted by Crippen LogP contribution is -2.13. The van der Waals surface area contributed by atoms with Crippen LogP contribution in [-0.2, 0) is 12.7 Å². The van der Waals surface area contributed by atoms with Gasteiger partial charge in [0.05, 0.1) is 11.9 Å². The van der Waals surface area contributed by atoms with E-state index in [9.17, 15) is 13.2 Å². The Morgan fingerprint density at radius 2 is 2.00 bits per heavy atom. The molecule has 0 atom stereocenters. The molecule has 0 bridgehead atoms. The maximum absolute atomic E-state index is 12.9. The Bertz CT molecular complexity index is 606. The van der Waals surface area contributed by atoms with Gasteiger partial charge in [0.15, 0.2) is 0 Å². The topological polar surface area (TPSA) is 55.6 Å². The van der Waals surface area contributed by atoms with Crippen molar-refractivity contribution in [2.45, 2.75) is 33.0 Å². The molecule has 0 aromatic carbocycles. The molecule has 114 valence electrons. The second-order valence-corrected chi connectivity index (χ2v) is 4.48. The van der Waals surface area contributed by atoms with Gasteiger partial charge in [-0.3, -0.25) is 4.68 Å². The van der Waals surface area contributed by atoms with Crippen LogP contribution in [-0.4, -0.2) is 26.3 Å². The van der Waals surface area contributed by atoms with Crippen LogP contribution in [0.3, 0.4) is 0 Å². The van der Waals surface area contributed by atoms with Crippen LogP contribution in [0.4, 0.5) is 19.0 Å². The molecule has 2 aromatic heterocycles. The number of anilines is 1. The SMILES string of the molecule is CCCn1cc(-c2cc(NCC)nc(C(F)(F)F)n2)cn1. The molecule has 0 aliphatic heterocycles. The van der Waals surface area contributed by atoms with Crippen molar-refractivity contribution in [1.82, 2.24) is 19.7 Å². The van der Waals surface area contributed by atoms with Crippen molar-refractivity contribution < 1.29 is 13.2 Å². The highest BCUT2D eigenvalue weighted by atomic mass is 19.4. The Kier molecular flexibility index (Phi) is 4.44. The molecule has 21 heavy (non-hydrogen) atoms. The fraction of sp³-hybridized carbons (Fsp3) is 0.462. The number of aryl methyl sites for hydroxylation is 1. The molecule has 0 saturated heterocycles. The molecular weight excluding hydrogens is 283 g/mol. The minimum Gasteiger partial charge on any atom is -0.370 e. The summed E-state index contributed by atoms with van der Waals surface area (Å²) in [4.78, 5) is 7.09. The summed E-state index contributed by atoms with van der Waals surface area (Å²) in [5.41, 5.74) is 0.742. The first-order valence-electron chi connectivity index (χ1n) is 6.67. The van der Waals surface area contributed by atoms with Gasteiger partial charge in [0.2, 0.25) is 5.82 Å². The number of aromatic nitrogens is 4. The second-order valence-electron chi connectivity index (χ2n) is 4.48.